The van der Waals surface area contributed by atoms with Crippen LogP contribution in [0.1, 0.15) is 10.4 Å². The summed E-state index contributed by atoms with van der Waals surface area (Å²) in [6.07, 6.45) is 0. The number of benzene rings is 2. The van der Waals surface area contributed by atoms with Crippen molar-refractivity contribution >= 4 is 60.9 Å². The van der Waals surface area contributed by atoms with Crippen molar-refractivity contribution in [3.05, 3.63) is 58.6 Å². The molecule has 2 aromatic carbocycles. The van der Waals surface area contributed by atoms with Crippen LogP contribution in [0.3, 0.4) is 0 Å². The van der Waals surface area contributed by atoms with E-state index >= 15 is 0 Å². The van der Waals surface area contributed by atoms with Gasteiger partial charge in [-0.25, -0.2) is 4.98 Å². The number of hydrogen-bond acceptors (Lipinski definition) is 4. The van der Waals surface area contributed by atoms with E-state index in [4.69, 9.17) is 0 Å². The van der Waals surface area contributed by atoms with Gasteiger partial charge in [-0.05, 0) is 44.4 Å². The highest BCUT2D eigenvalue weighted by atomic mass is 79.9. The number of hydrogen-bond donors (Lipinski definition) is 0. The fraction of sp³-hybridized carbons (Fsp3) is 0.222. The Hall–Kier alpha value is -1.47. The van der Waals surface area contributed by atoms with E-state index < -0.39 is 0 Å². The number of fused-ring (bicyclic) bond motifs is 1. The zero-order chi connectivity index (χ0) is 17.1. The highest BCUT2D eigenvalue weighted by Crippen LogP contribution is 2.31. The van der Waals surface area contributed by atoms with Gasteiger partial charge in [0.15, 0.2) is 5.13 Å². The minimum Gasteiger partial charge on any atom is -0.308 e. The van der Waals surface area contributed by atoms with Crippen LogP contribution in [0.25, 0.3) is 10.2 Å². The fourth-order valence-electron chi connectivity index (χ4n) is 2.32. The first-order valence-corrected chi connectivity index (χ1v) is 9.23. The van der Waals surface area contributed by atoms with Crippen molar-refractivity contribution in [3.8, 4) is 0 Å². The highest BCUT2D eigenvalue weighted by molar-refractivity contribution is 9.10. The molecule has 0 aliphatic heterocycles. The van der Waals surface area contributed by atoms with Gasteiger partial charge in [0, 0.05) is 23.1 Å². The van der Waals surface area contributed by atoms with Gasteiger partial charge in [-0.15, -0.1) is 12.4 Å². The Labute approximate surface area is 166 Å². The number of aromatic nitrogens is 1. The molecular formula is C18H19BrClN3OS. The van der Waals surface area contributed by atoms with Crippen LogP contribution in [0.2, 0.25) is 0 Å². The average molecular weight is 441 g/mol. The monoisotopic (exact) mass is 439 g/mol. The number of nitrogens with zero attached hydrogens (tertiary/aromatic N) is 3. The van der Waals surface area contributed by atoms with Gasteiger partial charge in [0.1, 0.15) is 0 Å². The molecule has 25 heavy (non-hydrogen) atoms. The number of likely N-dealkylation sites (N-methyl/N-ethyl adjacent to an activating group) is 1. The van der Waals surface area contributed by atoms with Crippen LogP contribution in [0.4, 0.5) is 5.13 Å². The molecule has 0 aliphatic carbocycles. The first-order valence-electron chi connectivity index (χ1n) is 7.62. The van der Waals surface area contributed by atoms with Crippen molar-refractivity contribution in [2.45, 2.75) is 0 Å². The molecule has 0 spiro atoms. The topological polar surface area (TPSA) is 36.4 Å². The first-order chi connectivity index (χ1) is 11.5. The van der Waals surface area contributed by atoms with E-state index in [-0.39, 0.29) is 18.3 Å². The molecule has 0 N–H and O–H groups in total. The van der Waals surface area contributed by atoms with E-state index in [9.17, 15) is 4.79 Å². The summed E-state index contributed by atoms with van der Waals surface area (Å²) in [5.74, 6) is -0.0180. The average Bonchev–Trinajstić information content (AvgIpc) is 2.98. The summed E-state index contributed by atoms with van der Waals surface area (Å²) in [6.45, 7) is 1.37. The molecule has 132 valence electrons. The van der Waals surface area contributed by atoms with Crippen LogP contribution in [-0.2, 0) is 0 Å². The minimum atomic E-state index is -0.0180. The van der Waals surface area contributed by atoms with Crippen LogP contribution in [0, 0.1) is 0 Å². The van der Waals surface area contributed by atoms with Gasteiger partial charge < -0.3 is 4.90 Å². The minimum absolute atomic E-state index is 0. The van der Waals surface area contributed by atoms with Crippen LogP contribution >= 0.6 is 39.7 Å². The van der Waals surface area contributed by atoms with Gasteiger partial charge in [-0.1, -0.05) is 45.5 Å². The number of rotatable bonds is 5. The maximum Gasteiger partial charge on any atom is 0.260 e. The third kappa shape index (κ3) is 4.79. The predicted molar refractivity (Wildman–Crippen MR) is 111 cm³/mol. The van der Waals surface area contributed by atoms with E-state index in [1.54, 1.807) is 4.90 Å². The molecule has 0 unspecified atom stereocenters. The van der Waals surface area contributed by atoms with E-state index in [2.05, 4.69) is 25.8 Å². The zero-order valence-electron chi connectivity index (χ0n) is 14.0. The molecule has 7 heteroatoms. The Bertz CT molecular complexity index is 854. The van der Waals surface area contributed by atoms with Crippen molar-refractivity contribution in [2.24, 2.45) is 0 Å². The number of halogens is 2. The van der Waals surface area contributed by atoms with Crippen molar-refractivity contribution in [2.75, 3.05) is 32.1 Å². The summed E-state index contributed by atoms with van der Waals surface area (Å²) in [4.78, 5) is 21.5. The van der Waals surface area contributed by atoms with E-state index in [1.165, 1.54) is 11.3 Å². The third-order valence-corrected chi connectivity index (χ3v) is 5.14. The lowest BCUT2D eigenvalue weighted by Gasteiger charge is -2.22. The molecule has 0 saturated heterocycles. The number of amides is 1. The highest BCUT2D eigenvalue weighted by Gasteiger charge is 2.21. The van der Waals surface area contributed by atoms with Crippen molar-refractivity contribution < 1.29 is 4.79 Å². The first kappa shape index (κ1) is 19.8. The maximum absolute atomic E-state index is 13.0. The molecule has 4 nitrogen and oxygen atoms in total. The standard InChI is InChI=1S/C18H18BrN3OS.ClH/c1-21(2)10-11-22(17(23)13-6-4-3-5-7-13)18-20-15-9-8-14(19)12-16(15)24-18;/h3-9,12H,10-11H2,1-2H3;1H. The Morgan fingerprint density at radius 2 is 1.84 bits per heavy atom. The van der Waals surface area contributed by atoms with Crippen LogP contribution in [0.5, 0.6) is 0 Å². The summed E-state index contributed by atoms with van der Waals surface area (Å²) in [7, 11) is 4.00. The van der Waals surface area contributed by atoms with E-state index in [1.807, 2.05) is 62.6 Å². The molecule has 0 atom stereocenters. The molecule has 3 rings (SSSR count). The second-order valence-corrected chi connectivity index (χ2v) is 7.66. The fourth-order valence-corrected chi connectivity index (χ4v) is 3.86. The lowest BCUT2D eigenvalue weighted by atomic mass is 10.2. The quantitative estimate of drug-likeness (QED) is 0.577. The van der Waals surface area contributed by atoms with E-state index in [0.717, 1.165) is 26.4 Å². The van der Waals surface area contributed by atoms with Crippen molar-refractivity contribution in [1.82, 2.24) is 9.88 Å². The second kappa shape index (κ2) is 8.76. The number of thiazole rings is 1. The molecule has 1 heterocycles. The number of anilines is 1. The smallest absolute Gasteiger partial charge is 0.260 e. The van der Waals surface area contributed by atoms with Gasteiger partial charge in [-0.3, -0.25) is 9.69 Å². The Balaban J connectivity index is 0.00000225. The van der Waals surface area contributed by atoms with Crippen LogP contribution in [0.15, 0.2) is 53.0 Å². The second-order valence-electron chi connectivity index (χ2n) is 5.73. The molecule has 0 bridgehead atoms. The molecule has 0 aliphatic rings. The summed E-state index contributed by atoms with van der Waals surface area (Å²) in [5, 5.41) is 0.735. The summed E-state index contributed by atoms with van der Waals surface area (Å²) in [6, 6.07) is 15.3. The van der Waals surface area contributed by atoms with Gasteiger partial charge in [0.25, 0.3) is 5.91 Å². The van der Waals surface area contributed by atoms with Gasteiger partial charge >= 0.3 is 0 Å². The zero-order valence-corrected chi connectivity index (χ0v) is 17.2. The molecule has 1 aromatic heterocycles. The molecule has 0 fully saturated rings. The van der Waals surface area contributed by atoms with E-state index in [0.29, 0.717) is 12.1 Å². The maximum atomic E-state index is 13.0. The van der Waals surface area contributed by atoms with Gasteiger partial charge in [-0.2, -0.15) is 0 Å². The van der Waals surface area contributed by atoms with Crippen molar-refractivity contribution in [1.29, 1.82) is 0 Å². The molecular weight excluding hydrogens is 422 g/mol. The predicted octanol–water partition coefficient (Wildman–Crippen LogP) is 4.69. The number of carbonyl (C=O) groups excluding carboxylic acids is 1. The normalized spacial score (nSPS) is 10.7. The Kier molecular flexibility index (Phi) is 6.95. The van der Waals surface area contributed by atoms with Gasteiger partial charge in [0.2, 0.25) is 0 Å². The van der Waals surface area contributed by atoms with Crippen LogP contribution < -0.4 is 4.90 Å². The molecule has 3 aromatic rings. The van der Waals surface area contributed by atoms with Gasteiger partial charge in [0.05, 0.1) is 10.2 Å². The molecule has 0 radical (unpaired) electrons. The third-order valence-electron chi connectivity index (χ3n) is 3.61. The molecule has 1 amide bonds. The lowest BCUT2D eigenvalue weighted by molar-refractivity contribution is 0.0985. The van der Waals surface area contributed by atoms with Crippen molar-refractivity contribution in [3.63, 3.8) is 0 Å². The summed E-state index contributed by atoms with van der Waals surface area (Å²) in [5.41, 5.74) is 1.59. The van der Waals surface area contributed by atoms with Crippen LogP contribution in [-0.4, -0.2) is 43.0 Å². The Morgan fingerprint density at radius 1 is 1.12 bits per heavy atom. The number of carbonyl (C=O) groups is 1. The lowest BCUT2D eigenvalue weighted by Crippen LogP contribution is -2.36. The largest absolute Gasteiger partial charge is 0.308 e. The SMILES string of the molecule is CN(C)CCN(C(=O)c1ccccc1)c1nc2ccc(Br)cc2s1.Cl. The summed E-state index contributed by atoms with van der Waals surface area (Å²) >= 11 is 5.03. The summed E-state index contributed by atoms with van der Waals surface area (Å²) < 4.78 is 2.08. The molecule has 0 saturated carbocycles. The Morgan fingerprint density at radius 3 is 2.52 bits per heavy atom.